The average molecular weight is 463 g/mol. The molecule has 3 aromatic rings. The summed E-state index contributed by atoms with van der Waals surface area (Å²) in [6.45, 7) is 6.41. The number of benzene rings is 2. The van der Waals surface area contributed by atoms with Crippen LogP contribution in [0.15, 0.2) is 57.6 Å². The zero-order chi connectivity index (χ0) is 18.2. The standard InChI is InChI=1S/C20H17Br2NO2/c1-20(2,3)13-8-6-12(7-9-13)19(24)25-18-16(22)11-15(21)14-5-4-10-23-17(14)18/h4-11H,1-3H3. The summed E-state index contributed by atoms with van der Waals surface area (Å²) in [7, 11) is 0. The molecule has 0 unspecified atom stereocenters. The van der Waals surface area contributed by atoms with Gasteiger partial charge in [0.1, 0.15) is 5.52 Å². The molecule has 0 spiro atoms. The first-order valence-corrected chi connectivity index (χ1v) is 9.41. The number of hydrogen-bond acceptors (Lipinski definition) is 3. The summed E-state index contributed by atoms with van der Waals surface area (Å²) in [5, 5.41) is 0.886. The van der Waals surface area contributed by atoms with E-state index in [1.165, 1.54) is 5.56 Å². The highest BCUT2D eigenvalue weighted by Crippen LogP contribution is 2.37. The van der Waals surface area contributed by atoms with Crippen molar-refractivity contribution in [1.82, 2.24) is 4.98 Å². The van der Waals surface area contributed by atoms with E-state index in [0.717, 1.165) is 9.86 Å². The molecule has 0 aliphatic heterocycles. The lowest BCUT2D eigenvalue weighted by Gasteiger charge is -2.19. The van der Waals surface area contributed by atoms with Gasteiger partial charge in [0.05, 0.1) is 10.0 Å². The van der Waals surface area contributed by atoms with Gasteiger partial charge in [-0.05, 0) is 51.2 Å². The van der Waals surface area contributed by atoms with E-state index in [9.17, 15) is 4.79 Å². The molecule has 0 N–H and O–H groups in total. The maximum absolute atomic E-state index is 12.6. The minimum atomic E-state index is -0.407. The first kappa shape index (κ1) is 18.1. The van der Waals surface area contributed by atoms with Gasteiger partial charge >= 0.3 is 5.97 Å². The molecule has 3 nitrogen and oxygen atoms in total. The van der Waals surface area contributed by atoms with Gasteiger partial charge in [-0.1, -0.05) is 54.9 Å². The molecule has 0 saturated heterocycles. The molecule has 5 heteroatoms. The smallest absolute Gasteiger partial charge is 0.343 e. The van der Waals surface area contributed by atoms with E-state index in [1.807, 2.05) is 30.3 Å². The summed E-state index contributed by atoms with van der Waals surface area (Å²) in [4.78, 5) is 16.9. The van der Waals surface area contributed by atoms with Crippen molar-refractivity contribution >= 4 is 48.7 Å². The highest BCUT2D eigenvalue weighted by molar-refractivity contribution is 9.11. The number of ether oxygens (including phenoxy) is 1. The van der Waals surface area contributed by atoms with Gasteiger partial charge in [-0.15, -0.1) is 0 Å². The molecule has 128 valence electrons. The summed E-state index contributed by atoms with van der Waals surface area (Å²) in [6.07, 6.45) is 1.68. The Labute approximate surface area is 163 Å². The molecule has 0 aliphatic carbocycles. The Morgan fingerprint density at radius 3 is 2.36 bits per heavy atom. The second kappa shape index (κ2) is 6.89. The first-order valence-electron chi connectivity index (χ1n) is 7.83. The molecule has 0 fully saturated rings. The largest absolute Gasteiger partial charge is 0.419 e. The van der Waals surface area contributed by atoms with E-state index in [0.29, 0.717) is 21.3 Å². The number of hydrogen-bond donors (Lipinski definition) is 0. The summed E-state index contributed by atoms with van der Waals surface area (Å²) in [5.74, 6) is 0.0131. The van der Waals surface area contributed by atoms with Gasteiger partial charge in [0, 0.05) is 16.1 Å². The van der Waals surface area contributed by atoms with Crippen molar-refractivity contribution in [1.29, 1.82) is 0 Å². The molecule has 1 heterocycles. The Balaban J connectivity index is 1.95. The van der Waals surface area contributed by atoms with Crippen molar-refractivity contribution in [2.45, 2.75) is 26.2 Å². The molecule has 0 atom stereocenters. The molecule has 0 saturated carbocycles. The van der Waals surface area contributed by atoms with Crippen molar-refractivity contribution in [3.05, 3.63) is 68.7 Å². The van der Waals surface area contributed by atoms with E-state index in [2.05, 4.69) is 57.6 Å². The van der Waals surface area contributed by atoms with E-state index in [-0.39, 0.29) is 5.41 Å². The quantitative estimate of drug-likeness (QED) is 0.332. The van der Waals surface area contributed by atoms with E-state index in [4.69, 9.17) is 4.74 Å². The van der Waals surface area contributed by atoms with E-state index < -0.39 is 5.97 Å². The zero-order valence-corrected chi connectivity index (χ0v) is 17.3. The van der Waals surface area contributed by atoms with Crippen molar-refractivity contribution in [2.24, 2.45) is 0 Å². The van der Waals surface area contributed by atoms with E-state index in [1.54, 1.807) is 18.3 Å². The number of nitrogens with zero attached hydrogens (tertiary/aromatic N) is 1. The molecular formula is C20H17Br2NO2. The fourth-order valence-electron chi connectivity index (χ4n) is 2.50. The average Bonchev–Trinajstić information content (AvgIpc) is 2.58. The summed E-state index contributed by atoms with van der Waals surface area (Å²) in [5.41, 5.74) is 2.34. The van der Waals surface area contributed by atoms with Gasteiger partial charge < -0.3 is 4.74 Å². The Morgan fingerprint density at radius 1 is 1.04 bits per heavy atom. The van der Waals surface area contributed by atoms with E-state index >= 15 is 0 Å². The van der Waals surface area contributed by atoms with Crippen LogP contribution in [0.4, 0.5) is 0 Å². The van der Waals surface area contributed by atoms with Crippen LogP contribution in [0.3, 0.4) is 0 Å². The monoisotopic (exact) mass is 461 g/mol. The fourth-order valence-corrected chi connectivity index (χ4v) is 3.86. The highest BCUT2D eigenvalue weighted by atomic mass is 79.9. The number of aromatic nitrogens is 1. The Morgan fingerprint density at radius 2 is 1.72 bits per heavy atom. The normalized spacial score (nSPS) is 11.6. The summed E-state index contributed by atoms with van der Waals surface area (Å²) >= 11 is 6.97. The molecule has 3 rings (SSSR count). The third kappa shape index (κ3) is 3.77. The van der Waals surface area contributed by atoms with Gasteiger partial charge in [-0.25, -0.2) is 4.79 Å². The van der Waals surface area contributed by atoms with Gasteiger partial charge in [0.15, 0.2) is 5.75 Å². The van der Waals surface area contributed by atoms with Crippen LogP contribution in [-0.4, -0.2) is 11.0 Å². The lowest BCUT2D eigenvalue weighted by molar-refractivity contribution is 0.0735. The molecule has 1 aromatic heterocycles. The third-order valence-corrected chi connectivity index (χ3v) is 5.18. The number of esters is 1. The molecule has 2 aromatic carbocycles. The number of rotatable bonds is 2. The Bertz CT molecular complexity index is 944. The second-order valence-electron chi connectivity index (χ2n) is 6.79. The topological polar surface area (TPSA) is 39.2 Å². The molecule has 0 amide bonds. The Hall–Kier alpha value is -1.72. The summed E-state index contributed by atoms with van der Waals surface area (Å²) < 4.78 is 7.21. The lowest BCUT2D eigenvalue weighted by atomic mass is 9.87. The zero-order valence-electron chi connectivity index (χ0n) is 14.1. The van der Waals surface area contributed by atoms with Gasteiger partial charge in [-0.3, -0.25) is 4.98 Å². The predicted molar refractivity (Wildman–Crippen MR) is 107 cm³/mol. The number of fused-ring (bicyclic) bond motifs is 1. The number of halogens is 2. The highest BCUT2D eigenvalue weighted by Gasteiger charge is 2.18. The van der Waals surface area contributed by atoms with Gasteiger partial charge in [0.25, 0.3) is 0 Å². The molecule has 0 bridgehead atoms. The third-order valence-electron chi connectivity index (χ3n) is 3.93. The van der Waals surface area contributed by atoms with Crippen LogP contribution in [-0.2, 0) is 5.41 Å². The van der Waals surface area contributed by atoms with Gasteiger partial charge in [-0.2, -0.15) is 0 Å². The molecule has 0 radical (unpaired) electrons. The predicted octanol–water partition coefficient (Wildman–Crippen LogP) is 6.28. The van der Waals surface area contributed by atoms with Crippen molar-refractivity contribution in [3.63, 3.8) is 0 Å². The number of pyridine rings is 1. The maximum atomic E-state index is 12.6. The summed E-state index contributed by atoms with van der Waals surface area (Å²) in [6, 6.07) is 13.1. The lowest BCUT2D eigenvalue weighted by Crippen LogP contribution is -2.13. The maximum Gasteiger partial charge on any atom is 0.343 e. The second-order valence-corrected chi connectivity index (χ2v) is 8.49. The van der Waals surface area contributed by atoms with Crippen molar-refractivity contribution < 1.29 is 9.53 Å². The first-order chi connectivity index (χ1) is 11.8. The minimum Gasteiger partial charge on any atom is -0.419 e. The fraction of sp³-hybridized carbons (Fsp3) is 0.200. The van der Waals surface area contributed by atoms with Gasteiger partial charge in [0.2, 0.25) is 0 Å². The van der Waals surface area contributed by atoms with Crippen LogP contribution in [0, 0.1) is 0 Å². The van der Waals surface area contributed by atoms with Crippen molar-refractivity contribution in [2.75, 3.05) is 0 Å². The Kier molecular flexibility index (Phi) is 4.98. The minimum absolute atomic E-state index is 0.0390. The SMILES string of the molecule is CC(C)(C)c1ccc(C(=O)Oc2c(Br)cc(Br)c3cccnc23)cc1. The number of carbonyl (C=O) groups is 1. The van der Waals surface area contributed by atoms with Crippen LogP contribution < -0.4 is 4.74 Å². The molecular weight excluding hydrogens is 446 g/mol. The van der Waals surface area contributed by atoms with Crippen LogP contribution in [0.25, 0.3) is 10.9 Å². The molecule has 0 aliphatic rings. The van der Waals surface area contributed by atoms with Crippen LogP contribution in [0.5, 0.6) is 5.75 Å². The van der Waals surface area contributed by atoms with Crippen LogP contribution in [0.1, 0.15) is 36.7 Å². The van der Waals surface area contributed by atoms with Crippen LogP contribution in [0.2, 0.25) is 0 Å². The molecule has 25 heavy (non-hydrogen) atoms. The van der Waals surface area contributed by atoms with Crippen molar-refractivity contribution in [3.8, 4) is 5.75 Å². The van der Waals surface area contributed by atoms with Crippen LogP contribution >= 0.6 is 31.9 Å². The number of carbonyl (C=O) groups excluding carboxylic acids is 1.